The van der Waals surface area contributed by atoms with Gasteiger partial charge >= 0.3 is 0 Å². The first-order chi connectivity index (χ1) is 11.7. The molecular weight excluding hydrogens is 308 g/mol. The van der Waals surface area contributed by atoms with Crippen LogP contribution in [0, 0.1) is 0 Å². The zero-order chi connectivity index (χ0) is 16.9. The lowest BCUT2D eigenvalue weighted by molar-refractivity contribution is 0.0679. The number of rotatable bonds is 5. The Morgan fingerprint density at radius 3 is 2.83 bits per heavy atom. The van der Waals surface area contributed by atoms with Crippen LogP contribution in [0.25, 0.3) is 11.3 Å². The van der Waals surface area contributed by atoms with Crippen LogP contribution < -0.4 is 15.8 Å². The summed E-state index contributed by atoms with van der Waals surface area (Å²) in [6.07, 6.45) is 2.32. The quantitative estimate of drug-likeness (QED) is 0.865. The molecule has 0 saturated carbocycles. The van der Waals surface area contributed by atoms with Crippen molar-refractivity contribution in [1.82, 2.24) is 15.3 Å². The second kappa shape index (κ2) is 7.27. The number of carbonyl (C=O) groups is 1. The summed E-state index contributed by atoms with van der Waals surface area (Å²) in [5, 5.41) is 2.52. The topological polar surface area (TPSA) is 99.4 Å². The fourth-order valence-electron chi connectivity index (χ4n) is 2.55. The summed E-state index contributed by atoms with van der Waals surface area (Å²) in [5.41, 5.74) is 7.35. The summed E-state index contributed by atoms with van der Waals surface area (Å²) in [7, 11) is 1.54. The number of ether oxygens (including phenoxy) is 2. The van der Waals surface area contributed by atoms with E-state index in [0.29, 0.717) is 12.3 Å². The first-order valence-electron chi connectivity index (χ1n) is 7.87. The van der Waals surface area contributed by atoms with Gasteiger partial charge in [0.25, 0.3) is 5.91 Å². The number of nitrogens with two attached hydrogens (primary N) is 1. The monoisotopic (exact) mass is 328 g/mol. The molecule has 0 radical (unpaired) electrons. The Balaban J connectivity index is 1.72. The number of hydrogen-bond acceptors (Lipinski definition) is 6. The van der Waals surface area contributed by atoms with Crippen LogP contribution >= 0.6 is 0 Å². The maximum atomic E-state index is 11.7. The number of nitrogens with one attached hydrogen (secondary N) is 1. The van der Waals surface area contributed by atoms with E-state index in [1.54, 1.807) is 13.1 Å². The van der Waals surface area contributed by atoms with Gasteiger partial charge in [-0.2, -0.15) is 0 Å². The van der Waals surface area contributed by atoms with Crippen LogP contribution in [0.3, 0.4) is 0 Å². The van der Waals surface area contributed by atoms with Crippen LogP contribution in [0.2, 0.25) is 0 Å². The van der Waals surface area contributed by atoms with Crippen molar-refractivity contribution in [2.45, 2.75) is 18.9 Å². The van der Waals surface area contributed by atoms with Crippen molar-refractivity contribution in [2.75, 3.05) is 26.0 Å². The fraction of sp³-hybridized carbons (Fsp3) is 0.353. The van der Waals surface area contributed by atoms with E-state index >= 15 is 0 Å². The Morgan fingerprint density at radius 1 is 1.38 bits per heavy atom. The van der Waals surface area contributed by atoms with Gasteiger partial charge in [-0.3, -0.25) is 4.79 Å². The van der Waals surface area contributed by atoms with Crippen LogP contribution in [0.15, 0.2) is 30.3 Å². The van der Waals surface area contributed by atoms with Gasteiger partial charge in [0.05, 0.1) is 11.8 Å². The van der Waals surface area contributed by atoms with Crippen LogP contribution in [0.4, 0.5) is 5.95 Å². The SMILES string of the molecule is CNC(=O)c1cc(-c2ccc(OCC3CCCO3)cc2)nc(N)n1. The van der Waals surface area contributed by atoms with Crippen LogP contribution in [-0.2, 0) is 4.74 Å². The van der Waals surface area contributed by atoms with E-state index in [4.69, 9.17) is 15.2 Å². The van der Waals surface area contributed by atoms with E-state index in [-0.39, 0.29) is 23.7 Å². The van der Waals surface area contributed by atoms with E-state index in [0.717, 1.165) is 30.8 Å². The lowest BCUT2D eigenvalue weighted by atomic mass is 10.1. The third-order valence-corrected chi connectivity index (χ3v) is 3.81. The molecule has 7 nitrogen and oxygen atoms in total. The minimum Gasteiger partial charge on any atom is -0.491 e. The van der Waals surface area contributed by atoms with Crippen molar-refractivity contribution >= 4 is 11.9 Å². The third-order valence-electron chi connectivity index (χ3n) is 3.81. The first kappa shape index (κ1) is 16.2. The van der Waals surface area contributed by atoms with E-state index in [1.165, 1.54) is 0 Å². The third kappa shape index (κ3) is 3.80. The summed E-state index contributed by atoms with van der Waals surface area (Å²) in [6.45, 7) is 1.37. The lowest BCUT2D eigenvalue weighted by Gasteiger charge is -2.12. The van der Waals surface area contributed by atoms with Crippen LogP contribution in [0.5, 0.6) is 5.75 Å². The Labute approximate surface area is 140 Å². The van der Waals surface area contributed by atoms with Crippen molar-refractivity contribution in [1.29, 1.82) is 0 Å². The maximum absolute atomic E-state index is 11.7. The highest BCUT2D eigenvalue weighted by atomic mass is 16.5. The van der Waals surface area contributed by atoms with Gasteiger partial charge in [0.15, 0.2) is 0 Å². The van der Waals surface area contributed by atoms with E-state index in [1.807, 2.05) is 24.3 Å². The Kier molecular flexibility index (Phi) is 4.90. The molecule has 7 heteroatoms. The highest BCUT2D eigenvalue weighted by Gasteiger charge is 2.16. The van der Waals surface area contributed by atoms with Crippen LogP contribution in [0.1, 0.15) is 23.3 Å². The molecule has 0 spiro atoms. The van der Waals surface area contributed by atoms with Crippen molar-refractivity contribution in [3.05, 3.63) is 36.0 Å². The fourth-order valence-corrected chi connectivity index (χ4v) is 2.55. The molecule has 1 aliphatic heterocycles. The van der Waals surface area contributed by atoms with Gasteiger partial charge in [0, 0.05) is 19.2 Å². The summed E-state index contributed by atoms with van der Waals surface area (Å²) < 4.78 is 11.3. The molecule has 3 N–H and O–H groups in total. The number of amides is 1. The molecule has 1 aromatic heterocycles. The zero-order valence-electron chi connectivity index (χ0n) is 13.5. The molecule has 24 heavy (non-hydrogen) atoms. The molecule has 1 saturated heterocycles. The van der Waals surface area contributed by atoms with Gasteiger partial charge in [0.2, 0.25) is 5.95 Å². The lowest BCUT2D eigenvalue weighted by Crippen LogP contribution is -2.20. The average molecular weight is 328 g/mol. The van der Waals surface area contributed by atoms with E-state index in [9.17, 15) is 4.79 Å². The second-order valence-electron chi connectivity index (χ2n) is 5.55. The van der Waals surface area contributed by atoms with Gasteiger partial charge in [-0.05, 0) is 43.2 Å². The predicted molar refractivity (Wildman–Crippen MR) is 89.7 cm³/mol. The number of nitrogen functional groups attached to an aromatic ring is 1. The van der Waals surface area contributed by atoms with Gasteiger partial charge in [-0.15, -0.1) is 0 Å². The van der Waals surface area contributed by atoms with Crippen molar-refractivity contribution in [2.24, 2.45) is 0 Å². The molecular formula is C17H20N4O3. The number of benzene rings is 1. The molecule has 126 valence electrons. The maximum Gasteiger partial charge on any atom is 0.269 e. The molecule has 2 heterocycles. The first-order valence-corrected chi connectivity index (χ1v) is 7.87. The highest BCUT2D eigenvalue weighted by molar-refractivity contribution is 5.93. The zero-order valence-corrected chi connectivity index (χ0v) is 13.5. The average Bonchev–Trinajstić information content (AvgIpc) is 3.12. The van der Waals surface area contributed by atoms with Crippen LogP contribution in [-0.4, -0.2) is 42.2 Å². The Hall–Kier alpha value is -2.67. The van der Waals surface area contributed by atoms with Gasteiger partial charge in [-0.25, -0.2) is 9.97 Å². The summed E-state index contributed by atoms with van der Waals surface area (Å²) in [4.78, 5) is 19.8. The molecule has 0 bridgehead atoms. The van der Waals surface area contributed by atoms with Gasteiger partial charge < -0.3 is 20.5 Å². The molecule has 0 aliphatic carbocycles. The molecule has 3 rings (SSSR count). The van der Waals surface area contributed by atoms with Crippen molar-refractivity contribution < 1.29 is 14.3 Å². The number of aromatic nitrogens is 2. The van der Waals surface area contributed by atoms with Crippen molar-refractivity contribution in [3.8, 4) is 17.0 Å². The highest BCUT2D eigenvalue weighted by Crippen LogP contribution is 2.23. The molecule has 1 aliphatic rings. The Morgan fingerprint density at radius 2 is 2.17 bits per heavy atom. The molecule has 1 atom stereocenters. The smallest absolute Gasteiger partial charge is 0.269 e. The standard InChI is InChI=1S/C17H20N4O3/c1-19-16(22)15-9-14(20-17(18)21-15)11-4-6-12(7-5-11)24-10-13-3-2-8-23-13/h4-7,9,13H,2-3,8,10H2,1H3,(H,19,22)(H2,18,20,21). The summed E-state index contributed by atoms with van der Waals surface area (Å²) in [6, 6.07) is 9.09. The summed E-state index contributed by atoms with van der Waals surface area (Å²) in [5.74, 6) is 0.523. The molecule has 1 amide bonds. The van der Waals surface area contributed by atoms with Gasteiger partial charge in [-0.1, -0.05) is 0 Å². The van der Waals surface area contributed by atoms with Crippen molar-refractivity contribution in [3.63, 3.8) is 0 Å². The molecule has 2 aromatic rings. The minimum absolute atomic E-state index is 0.0600. The number of hydrogen-bond donors (Lipinski definition) is 2. The Bertz CT molecular complexity index is 712. The molecule has 1 aromatic carbocycles. The largest absolute Gasteiger partial charge is 0.491 e. The normalized spacial score (nSPS) is 16.8. The van der Waals surface area contributed by atoms with E-state index in [2.05, 4.69) is 15.3 Å². The second-order valence-corrected chi connectivity index (χ2v) is 5.55. The number of anilines is 1. The van der Waals surface area contributed by atoms with Gasteiger partial charge in [0.1, 0.15) is 18.1 Å². The minimum atomic E-state index is -0.304. The van der Waals surface area contributed by atoms with E-state index < -0.39 is 0 Å². The molecule has 1 fully saturated rings. The molecule has 1 unspecified atom stereocenters. The summed E-state index contributed by atoms with van der Waals surface area (Å²) >= 11 is 0. The number of nitrogens with zero attached hydrogens (tertiary/aromatic N) is 2. The number of carbonyl (C=O) groups excluding carboxylic acids is 1. The predicted octanol–water partition coefficient (Wildman–Crippen LogP) is 1.64.